The van der Waals surface area contributed by atoms with Gasteiger partial charge < -0.3 is 4.42 Å². The van der Waals surface area contributed by atoms with Gasteiger partial charge in [-0.25, -0.2) is 12.7 Å². The summed E-state index contributed by atoms with van der Waals surface area (Å²) in [6.07, 6.45) is 0. The van der Waals surface area contributed by atoms with Gasteiger partial charge in [-0.3, -0.25) is 14.9 Å². The van der Waals surface area contributed by atoms with Gasteiger partial charge in [0.15, 0.2) is 5.78 Å². The van der Waals surface area contributed by atoms with Crippen LogP contribution in [0.25, 0.3) is 11.5 Å². The van der Waals surface area contributed by atoms with E-state index in [9.17, 15) is 18.0 Å². The van der Waals surface area contributed by atoms with Crippen molar-refractivity contribution in [2.24, 2.45) is 0 Å². The molecule has 4 aromatic rings. The third-order valence-electron chi connectivity index (χ3n) is 4.97. The molecule has 0 aliphatic heterocycles. The standard InChI is InChI=1S/C24H20N4O5S/c1-28(2)34(31,32)20-14-12-19(13-15-20)23-26-27-24(33-23)25-22(30)18-10-8-17(9-11-18)21(29)16-6-4-3-5-7-16/h3-15H,1-2H3,(H,25,27,30). The molecule has 1 aromatic heterocycles. The average Bonchev–Trinajstić information content (AvgIpc) is 3.32. The molecule has 1 N–H and O–H groups in total. The van der Waals surface area contributed by atoms with E-state index < -0.39 is 15.9 Å². The molecule has 0 aliphatic rings. The van der Waals surface area contributed by atoms with E-state index in [1.54, 1.807) is 36.4 Å². The Morgan fingerprint density at radius 3 is 2.00 bits per heavy atom. The molecule has 1 heterocycles. The van der Waals surface area contributed by atoms with Crippen molar-refractivity contribution in [2.75, 3.05) is 19.4 Å². The van der Waals surface area contributed by atoms with Crippen LogP contribution in [0.5, 0.6) is 0 Å². The number of hydrogen-bond donors (Lipinski definition) is 1. The maximum absolute atomic E-state index is 12.5. The first-order valence-electron chi connectivity index (χ1n) is 10.1. The predicted octanol–water partition coefficient (Wildman–Crippen LogP) is 3.47. The van der Waals surface area contributed by atoms with Crippen molar-refractivity contribution in [3.05, 3.63) is 95.6 Å². The molecule has 172 valence electrons. The minimum absolute atomic E-state index is 0.116. The number of sulfonamides is 1. The first-order valence-corrected chi connectivity index (χ1v) is 11.6. The molecule has 0 saturated carbocycles. The van der Waals surface area contributed by atoms with Crippen LogP contribution in [0.1, 0.15) is 26.3 Å². The average molecular weight is 477 g/mol. The third kappa shape index (κ3) is 4.77. The van der Waals surface area contributed by atoms with Crippen LogP contribution in [0.15, 0.2) is 88.2 Å². The van der Waals surface area contributed by atoms with E-state index in [4.69, 9.17) is 4.42 Å². The Hall–Kier alpha value is -4.15. The summed E-state index contributed by atoms with van der Waals surface area (Å²) in [5.41, 5.74) is 1.82. The highest BCUT2D eigenvalue weighted by Crippen LogP contribution is 2.23. The van der Waals surface area contributed by atoms with Gasteiger partial charge in [0.2, 0.25) is 15.9 Å². The van der Waals surface area contributed by atoms with Gasteiger partial charge in [0, 0.05) is 36.3 Å². The molecule has 0 unspecified atom stereocenters. The minimum atomic E-state index is -3.55. The summed E-state index contributed by atoms with van der Waals surface area (Å²) < 4.78 is 31.0. The van der Waals surface area contributed by atoms with Gasteiger partial charge in [0.1, 0.15) is 0 Å². The number of rotatable bonds is 7. The first-order chi connectivity index (χ1) is 16.3. The Morgan fingerprint density at radius 2 is 1.38 bits per heavy atom. The fourth-order valence-electron chi connectivity index (χ4n) is 3.07. The molecule has 0 saturated heterocycles. The lowest BCUT2D eigenvalue weighted by molar-refractivity contribution is 0.101. The summed E-state index contributed by atoms with van der Waals surface area (Å²) >= 11 is 0. The van der Waals surface area contributed by atoms with E-state index in [0.29, 0.717) is 22.3 Å². The van der Waals surface area contributed by atoms with Gasteiger partial charge in [-0.15, -0.1) is 5.10 Å². The molecule has 0 radical (unpaired) electrons. The highest BCUT2D eigenvalue weighted by molar-refractivity contribution is 7.89. The monoisotopic (exact) mass is 476 g/mol. The zero-order chi connectivity index (χ0) is 24.3. The van der Waals surface area contributed by atoms with E-state index in [2.05, 4.69) is 15.5 Å². The summed E-state index contributed by atoms with van der Waals surface area (Å²) in [6.45, 7) is 0. The number of ketones is 1. The number of aromatic nitrogens is 2. The zero-order valence-electron chi connectivity index (χ0n) is 18.3. The minimum Gasteiger partial charge on any atom is -0.403 e. The van der Waals surface area contributed by atoms with Crippen molar-refractivity contribution in [2.45, 2.75) is 4.90 Å². The quantitative estimate of drug-likeness (QED) is 0.405. The van der Waals surface area contributed by atoms with Gasteiger partial charge in [0.05, 0.1) is 4.90 Å². The first kappa shape index (κ1) is 23.0. The Kier molecular flexibility index (Phi) is 6.35. The van der Waals surface area contributed by atoms with E-state index in [-0.39, 0.29) is 22.6 Å². The molecule has 3 aromatic carbocycles. The van der Waals surface area contributed by atoms with E-state index in [1.165, 1.54) is 50.5 Å². The van der Waals surface area contributed by atoms with Crippen molar-refractivity contribution in [3.63, 3.8) is 0 Å². The molecule has 34 heavy (non-hydrogen) atoms. The Bertz CT molecular complexity index is 1430. The number of nitrogens with zero attached hydrogens (tertiary/aromatic N) is 3. The summed E-state index contributed by atoms with van der Waals surface area (Å²) in [4.78, 5) is 25.2. The van der Waals surface area contributed by atoms with Crippen molar-refractivity contribution in [3.8, 4) is 11.5 Å². The second-order valence-electron chi connectivity index (χ2n) is 7.45. The number of benzene rings is 3. The topological polar surface area (TPSA) is 122 Å². The number of anilines is 1. The number of carbonyl (C=O) groups is 2. The number of amides is 1. The maximum atomic E-state index is 12.5. The molecular formula is C24H20N4O5S. The summed E-state index contributed by atoms with van der Waals surface area (Å²) in [7, 11) is -0.654. The maximum Gasteiger partial charge on any atom is 0.322 e. The van der Waals surface area contributed by atoms with Crippen molar-refractivity contribution in [1.29, 1.82) is 0 Å². The van der Waals surface area contributed by atoms with E-state index >= 15 is 0 Å². The second kappa shape index (κ2) is 9.38. The molecule has 10 heteroatoms. The predicted molar refractivity (Wildman–Crippen MR) is 125 cm³/mol. The van der Waals surface area contributed by atoms with Crippen LogP contribution in [-0.4, -0.2) is 48.7 Å². The van der Waals surface area contributed by atoms with Crippen molar-refractivity contribution in [1.82, 2.24) is 14.5 Å². The van der Waals surface area contributed by atoms with Gasteiger partial charge >= 0.3 is 6.01 Å². The van der Waals surface area contributed by atoms with Crippen LogP contribution in [-0.2, 0) is 10.0 Å². The number of nitrogens with one attached hydrogen (secondary N) is 1. The van der Waals surface area contributed by atoms with Gasteiger partial charge in [-0.1, -0.05) is 47.6 Å². The molecule has 4 rings (SSSR count). The normalized spacial score (nSPS) is 11.4. The fourth-order valence-corrected chi connectivity index (χ4v) is 3.97. The van der Waals surface area contributed by atoms with Crippen LogP contribution in [0, 0.1) is 0 Å². The molecule has 0 atom stereocenters. The van der Waals surface area contributed by atoms with Crippen molar-refractivity contribution >= 4 is 27.7 Å². The molecule has 0 fully saturated rings. The summed E-state index contributed by atoms with van der Waals surface area (Å²) in [6, 6.07) is 20.9. The highest BCUT2D eigenvalue weighted by atomic mass is 32.2. The molecule has 0 bridgehead atoms. The number of hydrogen-bond acceptors (Lipinski definition) is 7. The van der Waals surface area contributed by atoms with Gasteiger partial charge in [-0.05, 0) is 36.4 Å². The third-order valence-corrected chi connectivity index (χ3v) is 6.80. The largest absolute Gasteiger partial charge is 0.403 e. The van der Waals surface area contributed by atoms with Crippen LogP contribution < -0.4 is 5.32 Å². The molecule has 0 spiro atoms. The lowest BCUT2D eigenvalue weighted by atomic mass is 10.0. The molecule has 0 aliphatic carbocycles. The molecular weight excluding hydrogens is 456 g/mol. The Balaban J connectivity index is 1.44. The smallest absolute Gasteiger partial charge is 0.322 e. The van der Waals surface area contributed by atoms with Gasteiger partial charge in [0.25, 0.3) is 5.91 Å². The Morgan fingerprint density at radius 1 is 0.794 bits per heavy atom. The zero-order valence-corrected chi connectivity index (χ0v) is 19.1. The summed E-state index contributed by atoms with van der Waals surface area (Å²) in [5, 5.41) is 10.2. The van der Waals surface area contributed by atoms with Crippen LogP contribution in [0.4, 0.5) is 6.01 Å². The summed E-state index contributed by atoms with van der Waals surface area (Å²) in [5.74, 6) is -0.507. The molecule has 9 nitrogen and oxygen atoms in total. The lowest BCUT2D eigenvalue weighted by Crippen LogP contribution is -2.22. The van der Waals surface area contributed by atoms with Crippen molar-refractivity contribution < 1.29 is 22.4 Å². The molecule has 1 amide bonds. The van der Waals surface area contributed by atoms with Crippen LogP contribution in [0.2, 0.25) is 0 Å². The van der Waals surface area contributed by atoms with E-state index in [1.807, 2.05) is 6.07 Å². The SMILES string of the molecule is CN(C)S(=O)(=O)c1ccc(-c2nnc(NC(=O)c3ccc(C(=O)c4ccccc4)cc3)o2)cc1. The second-order valence-corrected chi connectivity index (χ2v) is 9.60. The van der Waals surface area contributed by atoms with Gasteiger partial charge in [-0.2, -0.15) is 0 Å². The fraction of sp³-hybridized carbons (Fsp3) is 0.0833. The van der Waals surface area contributed by atoms with Crippen LogP contribution in [0.3, 0.4) is 0 Å². The van der Waals surface area contributed by atoms with E-state index in [0.717, 1.165) is 4.31 Å². The number of carbonyl (C=O) groups excluding carboxylic acids is 2. The highest BCUT2D eigenvalue weighted by Gasteiger charge is 2.18. The lowest BCUT2D eigenvalue weighted by Gasteiger charge is -2.11. The van der Waals surface area contributed by atoms with Crippen LogP contribution >= 0.6 is 0 Å². The Labute approximate surface area is 196 Å².